The van der Waals surface area contributed by atoms with E-state index in [2.05, 4.69) is 63.0 Å². The minimum atomic E-state index is -0.0370. The highest BCUT2D eigenvalue weighted by atomic mass is 16.2. The molecule has 8 nitrogen and oxygen atoms in total. The normalized spacial score (nSPS) is 11.4. The zero-order valence-corrected chi connectivity index (χ0v) is 20.2. The molecule has 0 spiro atoms. The van der Waals surface area contributed by atoms with Gasteiger partial charge in [-0.3, -0.25) is 4.57 Å². The van der Waals surface area contributed by atoms with E-state index in [1.54, 1.807) is 4.68 Å². The van der Waals surface area contributed by atoms with E-state index in [4.69, 9.17) is 0 Å². The van der Waals surface area contributed by atoms with E-state index >= 15 is 0 Å². The molecule has 0 aliphatic carbocycles. The lowest BCUT2D eigenvalue weighted by Gasteiger charge is -2.09. The number of hydrogen-bond donors (Lipinski definition) is 1. The molecule has 0 aliphatic rings. The monoisotopic (exact) mass is 459 g/mol. The van der Waals surface area contributed by atoms with Gasteiger partial charge in [0, 0.05) is 12.0 Å². The van der Waals surface area contributed by atoms with Crippen LogP contribution in [-0.2, 0) is 13.0 Å². The summed E-state index contributed by atoms with van der Waals surface area (Å²) in [5.41, 5.74) is 4.05. The number of H-pyrrole nitrogens is 1. The Labute approximate surface area is 200 Å². The van der Waals surface area contributed by atoms with Crippen LogP contribution in [0.1, 0.15) is 70.3 Å². The molecule has 0 radical (unpaired) electrons. The van der Waals surface area contributed by atoms with E-state index < -0.39 is 0 Å². The van der Waals surface area contributed by atoms with Gasteiger partial charge in [-0.1, -0.05) is 81.1 Å². The molecule has 4 aromatic rings. The number of aromatic nitrogens is 7. The van der Waals surface area contributed by atoms with E-state index in [1.807, 2.05) is 36.6 Å². The van der Waals surface area contributed by atoms with Crippen molar-refractivity contribution < 1.29 is 0 Å². The van der Waals surface area contributed by atoms with Crippen molar-refractivity contribution in [3.05, 3.63) is 70.4 Å². The number of nitrogens with zero attached hydrogens (tertiary/aromatic N) is 6. The highest BCUT2D eigenvalue weighted by Gasteiger charge is 2.16. The molecule has 0 fully saturated rings. The Balaban J connectivity index is 1.55. The maximum atomic E-state index is 13.1. The number of unbranched alkanes of at least 4 members (excludes halogenated alkanes) is 4. The summed E-state index contributed by atoms with van der Waals surface area (Å²) in [6.45, 7) is 6.74. The number of benzene rings is 2. The van der Waals surface area contributed by atoms with Crippen molar-refractivity contribution in [2.24, 2.45) is 0 Å². The van der Waals surface area contributed by atoms with E-state index in [0.29, 0.717) is 12.4 Å². The number of hydrogen-bond acceptors (Lipinski definition) is 5. The standard InChI is InChI=1S/C26H33N7O/c1-4-5-6-7-8-13-24-29-33(19(2)3)26(34)32(24)18-20-14-16-21(17-15-20)22-11-9-10-12-23(22)25-27-30-31-28-25/h9-12,14-17,19H,4-8,13,18H2,1-3H3,(H,27,28,30,31). The van der Waals surface area contributed by atoms with Gasteiger partial charge in [0.15, 0.2) is 0 Å². The quantitative estimate of drug-likeness (QED) is 0.317. The summed E-state index contributed by atoms with van der Waals surface area (Å²) in [4.78, 5) is 13.1. The van der Waals surface area contributed by atoms with Crippen molar-refractivity contribution in [1.82, 2.24) is 35.0 Å². The summed E-state index contributed by atoms with van der Waals surface area (Å²) in [5, 5.41) is 19.1. The van der Waals surface area contributed by atoms with Gasteiger partial charge in [0.2, 0.25) is 5.82 Å². The van der Waals surface area contributed by atoms with Crippen LogP contribution in [-0.4, -0.2) is 35.0 Å². The van der Waals surface area contributed by atoms with E-state index in [9.17, 15) is 4.79 Å². The molecule has 0 saturated heterocycles. The summed E-state index contributed by atoms with van der Waals surface area (Å²) in [7, 11) is 0. The SMILES string of the molecule is CCCCCCCc1nn(C(C)C)c(=O)n1Cc1ccc(-c2ccccc2-c2nn[nH]n2)cc1. The minimum Gasteiger partial charge on any atom is -0.274 e. The second kappa shape index (κ2) is 11.0. The molecule has 0 saturated carbocycles. The van der Waals surface area contributed by atoms with Gasteiger partial charge in [0.25, 0.3) is 0 Å². The molecule has 0 aliphatic heterocycles. The Morgan fingerprint density at radius 1 is 0.941 bits per heavy atom. The minimum absolute atomic E-state index is 0.0370. The molecule has 4 rings (SSSR count). The summed E-state index contributed by atoms with van der Waals surface area (Å²) < 4.78 is 3.44. The molecule has 0 bridgehead atoms. The maximum Gasteiger partial charge on any atom is 0.346 e. The largest absolute Gasteiger partial charge is 0.346 e. The van der Waals surface area contributed by atoms with Gasteiger partial charge in [0.1, 0.15) is 5.82 Å². The zero-order valence-electron chi connectivity index (χ0n) is 20.2. The fourth-order valence-corrected chi connectivity index (χ4v) is 4.20. The molecule has 2 aromatic carbocycles. The Hall–Kier alpha value is -3.55. The van der Waals surface area contributed by atoms with Crippen molar-refractivity contribution in [2.45, 2.75) is 71.9 Å². The first-order chi connectivity index (χ1) is 16.6. The molecule has 0 unspecified atom stereocenters. The predicted molar refractivity (Wildman–Crippen MR) is 133 cm³/mol. The molecular formula is C26H33N7O. The van der Waals surface area contributed by atoms with Crippen LogP contribution in [0.2, 0.25) is 0 Å². The van der Waals surface area contributed by atoms with Crippen molar-refractivity contribution in [1.29, 1.82) is 0 Å². The smallest absolute Gasteiger partial charge is 0.274 e. The first-order valence-electron chi connectivity index (χ1n) is 12.2. The van der Waals surface area contributed by atoms with Crippen molar-refractivity contribution in [3.63, 3.8) is 0 Å². The van der Waals surface area contributed by atoms with Crippen LogP contribution in [0, 0.1) is 0 Å². The van der Waals surface area contributed by atoms with Crippen molar-refractivity contribution in [3.8, 4) is 22.5 Å². The van der Waals surface area contributed by atoms with Crippen LogP contribution in [0.3, 0.4) is 0 Å². The highest BCUT2D eigenvalue weighted by Crippen LogP contribution is 2.29. The zero-order chi connectivity index (χ0) is 23.9. The maximum absolute atomic E-state index is 13.1. The molecule has 8 heteroatoms. The van der Waals surface area contributed by atoms with Crippen LogP contribution in [0.15, 0.2) is 53.3 Å². The van der Waals surface area contributed by atoms with Crippen molar-refractivity contribution in [2.75, 3.05) is 0 Å². The molecule has 0 atom stereocenters. The Morgan fingerprint density at radius 2 is 1.68 bits per heavy atom. The fourth-order valence-electron chi connectivity index (χ4n) is 4.20. The van der Waals surface area contributed by atoms with Gasteiger partial charge >= 0.3 is 5.69 Å². The van der Waals surface area contributed by atoms with Crippen LogP contribution in [0.5, 0.6) is 0 Å². The average Bonchev–Trinajstić information content (AvgIpc) is 3.49. The molecule has 178 valence electrons. The number of rotatable bonds is 11. The highest BCUT2D eigenvalue weighted by molar-refractivity contribution is 5.80. The van der Waals surface area contributed by atoms with Crippen LogP contribution in [0.4, 0.5) is 0 Å². The Kier molecular flexibility index (Phi) is 7.67. The van der Waals surface area contributed by atoms with Gasteiger partial charge in [-0.05, 0) is 42.2 Å². The number of aromatic amines is 1. The van der Waals surface area contributed by atoms with Gasteiger partial charge in [-0.2, -0.15) is 10.3 Å². The first kappa shape index (κ1) is 23.6. The molecule has 34 heavy (non-hydrogen) atoms. The molecule has 0 amide bonds. The van der Waals surface area contributed by atoms with Crippen LogP contribution < -0.4 is 5.69 Å². The van der Waals surface area contributed by atoms with Crippen molar-refractivity contribution >= 4 is 0 Å². The number of tetrazole rings is 1. The predicted octanol–water partition coefficient (Wildman–Crippen LogP) is 5.03. The summed E-state index contributed by atoms with van der Waals surface area (Å²) in [6, 6.07) is 16.4. The fraction of sp³-hybridized carbons (Fsp3) is 0.423. The van der Waals surface area contributed by atoms with Gasteiger partial charge < -0.3 is 0 Å². The third kappa shape index (κ3) is 5.32. The van der Waals surface area contributed by atoms with E-state index in [1.165, 1.54) is 25.7 Å². The second-order valence-corrected chi connectivity index (χ2v) is 8.97. The lowest BCUT2D eigenvalue weighted by molar-refractivity contribution is 0.504. The molecule has 1 N–H and O–H groups in total. The number of nitrogens with one attached hydrogen (secondary N) is 1. The topological polar surface area (TPSA) is 94.3 Å². The summed E-state index contributed by atoms with van der Waals surface area (Å²) in [5.74, 6) is 1.44. The molecule has 2 heterocycles. The van der Waals surface area contributed by atoms with Gasteiger partial charge in [0.05, 0.1) is 12.6 Å². The van der Waals surface area contributed by atoms with E-state index in [-0.39, 0.29) is 11.7 Å². The van der Waals surface area contributed by atoms with Crippen LogP contribution in [0.25, 0.3) is 22.5 Å². The third-order valence-electron chi connectivity index (χ3n) is 6.07. The summed E-state index contributed by atoms with van der Waals surface area (Å²) >= 11 is 0. The Morgan fingerprint density at radius 3 is 2.35 bits per heavy atom. The molecular weight excluding hydrogens is 426 g/mol. The average molecular weight is 460 g/mol. The van der Waals surface area contributed by atoms with Crippen LogP contribution >= 0.6 is 0 Å². The van der Waals surface area contributed by atoms with E-state index in [0.717, 1.165) is 40.9 Å². The van der Waals surface area contributed by atoms with Gasteiger partial charge in [-0.25, -0.2) is 9.48 Å². The molecule has 2 aromatic heterocycles. The third-order valence-corrected chi connectivity index (χ3v) is 6.07. The lowest BCUT2D eigenvalue weighted by Crippen LogP contribution is -2.27. The number of aryl methyl sites for hydroxylation is 1. The Bertz CT molecular complexity index is 1240. The first-order valence-corrected chi connectivity index (χ1v) is 12.2. The second-order valence-electron chi connectivity index (χ2n) is 8.97. The summed E-state index contributed by atoms with van der Waals surface area (Å²) in [6.07, 6.45) is 6.77. The lowest BCUT2D eigenvalue weighted by atomic mass is 9.98. The van der Waals surface area contributed by atoms with Gasteiger partial charge in [-0.15, -0.1) is 10.2 Å².